The summed E-state index contributed by atoms with van der Waals surface area (Å²) in [7, 11) is 1.38. The van der Waals surface area contributed by atoms with Crippen molar-refractivity contribution in [1.82, 2.24) is 19.4 Å². The van der Waals surface area contributed by atoms with E-state index in [2.05, 4.69) is 9.47 Å². The molecule has 2 aliphatic rings. The number of fused-ring (bicyclic) bond motifs is 1. The summed E-state index contributed by atoms with van der Waals surface area (Å²) in [5, 5.41) is 1.14. The number of furan rings is 1. The van der Waals surface area contributed by atoms with Crippen LogP contribution in [0.3, 0.4) is 0 Å². The minimum Gasteiger partial charge on any atom is -0.465 e. The maximum atomic E-state index is 13.2. The number of imidazole rings is 1. The number of amides is 1. The van der Waals surface area contributed by atoms with Crippen LogP contribution >= 0.6 is 23.2 Å². The molecular formula is C30H30Cl2N4O5. The summed E-state index contributed by atoms with van der Waals surface area (Å²) in [5.74, 6) is 1.40. The van der Waals surface area contributed by atoms with Gasteiger partial charge in [0.25, 0.3) is 5.91 Å². The molecular weight excluding hydrogens is 567 g/mol. The Morgan fingerprint density at radius 3 is 2.56 bits per heavy atom. The van der Waals surface area contributed by atoms with Crippen LogP contribution in [0.2, 0.25) is 10.0 Å². The van der Waals surface area contributed by atoms with Crippen molar-refractivity contribution in [3.8, 4) is 0 Å². The van der Waals surface area contributed by atoms with Gasteiger partial charge in [-0.3, -0.25) is 9.69 Å². The van der Waals surface area contributed by atoms with Crippen molar-refractivity contribution < 1.29 is 23.5 Å². The molecule has 2 aliphatic heterocycles. The molecule has 2 fully saturated rings. The summed E-state index contributed by atoms with van der Waals surface area (Å²) < 4.78 is 18.7. The number of esters is 1. The lowest BCUT2D eigenvalue weighted by Crippen LogP contribution is -2.48. The molecule has 4 aromatic rings. The zero-order valence-corrected chi connectivity index (χ0v) is 24.2. The normalized spacial score (nSPS) is 17.5. The topological polar surface area (TPSA) is 90.0 Å². The Morgan fingerprint density at radius 1 is 1.05 bits per heavy atom. The minimum atomic E-state index is -0.376. The van der Waals surface area contributed by atoms with E-state index >= 15 is 0 Å². The van der Waals surface area contributed by atoms with Crippen LogP contribution in [-0.4, -0.2) is 77.2 Å². The third kappa shape index (κ3) is 5.99. The average molecular weight is 597 g/mol. The number of methoxy groups -OCH3 is 1. The molecule has 9 nitrogen and oxygen atoms in total. The zero-order chi connectivity index (χ0) is 28.5. The predicted molar refractivity (Wildman–Crippen MR) is 155 cm³/mol. The van der Waals surface area contributed by atoms with E-state index in [0.29, 0.717) is 72.8 Å². The van der Waals surface area contributed by atoms with E-state index in [4.69, 9.17) is 42.1 Å². The van der Waals surface area contributed by atoms with Crippen LogP contribution in [0.1, 0.15) is 44.5 Å². The van der Waals surface area contributed by atoms with E-state index in [1.165, 1.54) is 7.11 Å². The molecule has 6 rings (SSSR count). The van der Waals surface area contributed by atoms with Crippen LogP contribution in [-0.2, 0) is 29.0 Å². The van der Waals surface area contributed by atoms with Crippen LogP contribution in [0.25, 0.3) is 11.0 Å². The number of halogens is 2. The van der Waals surface area contributed by atoms with Crippen molar-refractivity contribution in [2.75, 3.05) is 39.9 Å². The second-order valence-corrected chi connectivity index (χ2v) is 11.2. The Hall–Kier alpha value is -3.37. The third-order valence-corrected chi connectivity index (χ3v) is 8.29. The first-order valence-electron chi connectivity index (χ1n) is 13.6. The number of benzene rings is 2. The van der Waals surface area contributed by atoms with Gasteiger partial charge < -0.3 is 23.4 Å². The number of nitrogens with zero attached hydrogens (tertiary/aromatic N) is 4. The second-order valence-electron chi connectivity index (χ2n) is 10.4. The number of ether oxygens (including phenoxy) is 2. The highest BCUT2D eigenvalue weighted by atomic mass is 35.5. The van der Waals surface area contributed by atoms with Gasteiger partial charge in [0.15, 0.2) is 5.76 Å². The van der Waals surface area contributed by atoms with Gasteiger partial charge in [-0.1, -0.05) is 29.3 Å². The SMILES string of the molecule is COC(=O)c1ccc2nc(CN3CCN(C(=O)c4ccc(Cc5ccc(Cl)cc5Cl)o4)CC3)n(C[C@@H]3CCO3)c2c1. The van der Waals surface area contributed by atoms with Crippen molar-refractivity contribution in [2.45, 2.75) is 32.0 Å². The highest BCUT2D eigenvalue weighted by molar-refractivity contribution is 6.35. The van der Waals surface area contributed by atoms with Gasteiger partial charge in [0, 0.05) is 49.3 Å². The third-order valence-electron chi connectivity index (χ3n) is 7.70. The summed E-state index contributed by atoms with van der Waals surface area (Å²) in [6, 6.07) is 14.3. The van der Waals surface area contributed by atoms with Crippen LogP contribution < -0.4 is 0 Å². The van der Waals surface area contributed by atoms with Crippen molar-refractivity contribution in [2.24, 2.45) is 0 Å². The predicted octanol–water partition coefficient (Wildman–Crippen LogP) is 5.06. The molecule has 1 atom stereocenters. The second kappa shape index (κ2) is 11.9. The first kappa shape index (κ1) is 27.8. The Labute approximate surface area is 247 Å². The number of carbonyl (C=O) groups is 2. The van der Waals surface area contributed by atoms with Gasteiger partial charge in [-0.15, -0.1) is 0 Å². The molecule has 214 valence electrons. The maximum Gasteiger partial charge on any atom is 0.337 e. The van der Waals surface area contributed by atoms with Crippen molar-refractivity contribution in [3.63, 3.8) is 0 Å². The van der Waals surface area contributed by atoms with Gasteiger partial charge >= 0.3 is 5.97 Å². The number of hydrogen-bond donors (Lipinski definition) is 0. The van der Waals surface area contributed by atoms with Crippen molar-refractivity contribution in [3.05, 3.63) is 87.0 Å². The quantitative estimate of drug-likeness (QED) is 0.263. The summed E-state index contributed by atoms with van der Waals surface area (Å²) in [6.45, 7) is 4.64. The zero-order valence-electron chi connectivity index (χ0n) is 22.6. The van der Waals surface area contributed by atoms with Gasteiger partial charge in [-0.25, -0.2) is 9.78 Å². The van der Waals surface area contributed by atoms with Crippen LogP contribution in [0.4, 0.5) is 0 Å². The molecule has 2 aromatic heterocycles. The molecule has 4 heterocycles. The van der Waals surface area contributed by atoms with Gasteiger partial charge in [-0.2, -0.15) is 0 Å². The smallest absolute Gasteiger partial charge is 0.337 e. The monoisotopic (exact) mass is 596 g/mol. The van der Waals surface area contributed by atoms with Crippen molar-refractivity contribution in [1.29, 1.82) is 0 Å². The maximum absolute atomic E-state index is 13.2. The van der Waals surface area contributed by atoms with Gasteiger partial charge in [0.05, 0.1) is 42.9 Å². The van der Waals surface area contributed by atoms with Crippen LogP contribution in [0, 0.1) is 0 Å². The molecule has 2 saturated heterocycles. The highest BCUT2D eigenvalue weighted by Crippen LogP contribution is 2.26. The van der Waals surface area contributed by atoms with E-state index in [0.717, 1.165) is 35.4 Å². The first-order valence-corrected chi connectivity index (χ1v) is 14.4. The molecule has 2 aromatic carbocycles. The minimum absolute atomic E-state index is 0.122. The number of hydrogen-bond acceptors (Lipinski definition) is 7. The fourth-order valence-electron chi connectivity index (χ4n) is 5.28. The van der Waals surface area contributed by atoms with Crippen molar-refractivity contribution >= 4 is 46.1 Å². The molecule has 1 amide bonds. The lowest BCUT2D eigenvalue weighted by atomic mass is 10.1. The average Bonchev–Trinajstić information content (AvgIpc) is 3.55. The lowest BCUT2D eigenvalue weighted by Gasteiger charge is -2.34. The van der Waals surface area contributed by atoms with Crippen LogP contribution in [0.15, 0.2) is 52.9 Å². The fraction of sp³-hybridized carbons (Fsp3) is 0.367. The van der Waals surface area contributed by atoms with E-state index < -0.39 is 0 Å². The van der Waals surface area contributed by atoms with E-state index in [9.17, 15) is 9.59 Å². The summed E-state index contributed by atoms with van der Waals surface area (Å²) >= 11 is 12.3. The molecule has 0 saturated carbocycles. The molecule has 0 spiro atoms. The largest absolute Gasteiger partial charge is 0.465 e. The lowest BCUT2D eigenvalue weighted by molar-refractivity contribution is -0.0592. The number of piperazine rings is 1. The standard InChI is InChI=1S/C30H30Cl2N4O5/c1-39-30(38)20-3-6-25-26(15-20)36(17-23-8-13-40-23)28(33-25)18-34-9-11-35(12-10-34)29(37)27-7-5-22(41-27)14-19-2-4-21(31)16-24(19)32/h2-7,15-16,23H,8-14,17-18H2,1H3/t23-/m0/s1. The molecule has 0 radical (unpaired) electrons. The Balaban J connectivity index is 1.11. The van der Waals surface area contributed by atoms with Gasteiger partial charge in [0.2, 0.25) is 0 Å². The number of rotatable bonds is 8. The Bertz CT molecular complexity index is 1590. The molecule has 0 aliphatic carbocycles. The number of carbonyl (C=O) groups excluding carboxylic acids is 2. The fourth-order valence-corrected chi connectivity index (χ4v) is 5.75. The van der Waals surface area contributed by atoms with E-state index in [1.54, 1.807) is 24.3 Å². The van der Waals surface area contributed by atoms with Gasteiger partial charge in [-0.05, 0) is 54.4 Å². The highest BCUT2D eigenvalue weighted by Gasteiger charge is 2.27. The summed E-state index contributed by atoms with van der Waals surface area (Å²) in [4.78, 5) is 34.3. The molecule has 0 bridgehead atoms. The van der Waals surface area contributed by atoms with E-state index in [-0.39, 0.29) is 18.0 Å². The summed E-state index contributed by atoms with van der Waals surface area (Å²) in [5.41, 5.74) is 3.09. The molecule has 0 unspecified atom stereocenters. The molecule has 41 heavy (non-hydrogen) atoms. The number of aromatic nitrogens is 2. The molecule has 11 heteroatoms. The Kier molecular flexibility index (Phi) is 8.03. The summed E-state index contributed by atoms with van der Waals surface area (Å²) in [6.07, 6.45) is 1.61. The Morgan fingerprint density at radius 2 is 1.85 bits per heavy atom. The first-order chi connectivity index (χ1) is 19.9. The van der Waals surface area contributed by atoms with E-state index in [1.807, 2.05) is 29.2 Å². The molecule has 0 N–H and O–H groups in total. The van der Waals surface area contributed by atoms with Crippen LogP contribution in [0.5, 0.6) is 0 Å². The van der Waals surface area contributed by atoms with Gasteiger partial charge in [0.1, 0.15) is 11.6 Å².